The number of rotatable bonds is 5. The van der Waals surface area contributed by atoms with Crippen molar-refractivity contribution in [2.45, 2.75) is 6.54 Å². The molecule has 2 heterocycles. The number of amides is 1. The molecule has 0 aliphatic heterocycles. The second-order valence-corrected chi connectivity index (χ2v) is 5.81. The summed E-state index contributed by atoms with van der Waals surface area (Å²) < 4.78 is 18.9. The van der Waals surface area contributed by atoms with E-state index in [0.29, 0.717) is 40.4 Å². The minimum atomic E-state index is -0.541. The number of halogens is 1. The Bertz CT molecular complexity index is 1140. The highest BCUT2D eigenvalue weighted by Gasteiger charge is 2.16. The number of fused-ring (bicyclic) bond motifs is 1. The first-order chi connectivity index (χ1) is 13.1. The van der Waals surface area contributed by atoms with Crippen molar-refractivity contribution in [3.05, 3.63) is 72.0 Å². The van der Waals surface area contributed by atoms with Gasteiger partial charge in [0.1, 0.15) is 18.4 Å². The summed E-state index contributed by atoms with van der Waals surface area (Å²) in [6.45, 7) is 0.353. The fraction of sp³-hybridized carbons (Fsp3) is 0.0526. The van der Waals surface area contributed by atoms with E-state index in [2.05, 4.69) is 20.3 Å². The summed E-state index contributed by atoms with van der Waals surface area (Å²) in [5, 5.41) is 4.29. The summed E-state index contributed by atoms with van der Waals surface area (Å²) >= 11 is 0. The quantitative estimate of drug-likeness (QED) is 0.564. The van der Waals surface area contributed by atoms with Crippen LogP contribution in [0, 0.1) is 5.82 Å². The number of nitrogens with zero attached hydrogens (tertiary/aromatic N) is 3. The van der Waals surface area contributed by atoms with E-state index in [4.69, 9.17) is 10.2 Å². The van der Waals surface area contributed by atoms with Gasteiger partial charge in [0.05, 0.1) is 5.56 Å². The molecular weight excluding hydrogens is 349 g/mol. The zero-order valence-electron chi connectivity index (χ0n) is 14.0. The standard InChI is InChI=1S/C19H14FN5O2/c20-12-4-1-3-11(7-12)8-22-19-24-10-23-18(25-19)16-13-5-2-6-14(17(21)26)15(13)9-27-16/h1-7,9-10H,8H2,(H2,21,26)(H,22,23,24,25). The van der Waals surface area contributed by atoms with Crippen molar-refractivity contribution in [3.63, 3.8) is 0 Å². The van der Waals surface area contributed by atoms with Crippen LogP contribution in [0.15, 0.2) is 59.5 Å². The average molecular weight is 363 g/mol. The molecule has 4 rings (SSSR count). The van der Waals surface area contributed by atoms with Crippen LogP contribution in [-0.4, -0.2) is 20.9 Å². The number of carbonyl (C=O) groups is 1. The van der Waals surface area contributed by atoms with E-state index in [0.717, 1.165) is 5.56 Å². The number of primary amides is 1. The molecule has 0 saturated carbocycles. The molecule has 0 fully saturated rings. The second kappa shape index (κ2) is 6.83. The van der Waals surface area contributed by atoms with E-state index < -0.39 is 5.91 Å². The summed E-state index contributed by atoms with van der Waals surface area (Å²) in [7, 11) is 0. The molecule has 3 N–H and O–H groups in total. The van der Waals surface area contributed by atoms with Crippen molar-refractivity contribution in [3.8, 4) is 11.6 Å². The Morgan fingerprint density at radius 1 is 1.15 bits per heavy atom. The van der Waals surface area contributed by atoms with Crippen molar-refractivity contribution < 1.29 is 13.6 Å². The number of anilines is 1. The Morgan fingerprint density at radius 2 is 2.00 bits per heavy atom. The van der Waals surface area contributed by atoms with E-state index >= 15 is 0 Å². The topological polar surface area (TPSA) is 107 Å². The third-order valence-electron chi connectivity index (χ3n) is 4.03. The molecule has 0 saturated heterocycles. The lowest BCUT2D eigenvalue weighted by Crippen LogP contribution is -2.10. The zero-order chi connectivity index (χ0) is 18.8. The fourth-order valence-electron chi connectivity index (χ4n) is 2.78. The highest BCUT2D eigenvalue weighted by molar-refractivity contribution is 6.08. The Morgan fingerprint density at radius 3 is 2.81 bits per heavy atom. The molecule has 7 nitrogen and oxygen atoms in total. The number of furan rings is 1. The highest BCUT2D eigenvalue weighted by Crippen LogP contribution is 2.30. The van der Waals surface area contributed by atoms with Crippen molar-refractivity contribution >= 4 is 22.6 Å². The Kier molecular flexibility index (Phi) is 4.21. The van der Waals surface area contributed by atoms with Crippen molar-refractivity contribution in [1.29, 1.82) is 0 Å². The van der Waals surface area contributed by atoms with Gasteiger partial charge in [-0.1, -0.05) is 24.3 Å². The third kappa shape index (κ3) is 3.32. The van der Waals surface area contributed by atoms with Crippen LogP contribution >= 0.6 is 0 Å². The van der Waals surface area contributed by atoms with Crippen LogP contribution in [0.3, 0.4) is 0 Å². The van der Waals surface area contributed by atoms with Crippen LogP contribution in [0.1, 0.15) is 15.9 Å². The molecule has 0 spiro atoms. The van der Waals surface area contributed by atoms with Crippen LogP contribution in [0.5, 0.6) is 0 Å². The maximum atomic E-state index is 13.3. The third-order valence-corrected chi connectivity index (χ3v) is 4.03. The van der Waals surface area contributed by atoms with Gasteiger partial charge in [0, 0.05) is 17.3 Å². The molecular formula is C19H14FN5O2. The number of nitrogens with two attached hydrogens (primary N) is 1. The lowest BCUT2D eigenvalue weighted by molar-refractivity contribution is 0.100. The van der Waals surface area contributed by atoms with E-state index in [-0.39, 0.29) is 5.82 Å². The summed E-state index contributed by atoms with van der Waals surface area (Å²) in [4.78, 5) is 24.1. The van der Waals surface area contributed by atoms with Crippen molar-refractivity contribution in [2.75, 3.05) is 5.32 Å². The van der Waals surface area contributed by atoms with Gasteiger partial charge in [0.25, 0.3) is 0 Å². The van der Waals surface area contributed by atoms with E-state index in [1.165, 1.54) is 24.7 Å². The van der Waals surface area contributed by atoms with Crippen LogP contribution in [0.4, 0.5) is 10.3 Å². The van der Waals surface area contributed by atoms with Crippen LogP contribution in [0.25, 0.3) is 22.4 Å². The molecule has 1 amide bonds. The molecule has 0 radical (unpaired) electrons. The van der Waals surface area contributed by atoms with Crippen LogP contribution in [-0.2, 0) is 6.54 Å². The summed E-state index contributed by atoms with van der Waals surface area (Å²) in [6.07, 6.45) is 2.80. The van der Waals surface area contributed by atoms with Crippen molar-refractivity contribution in [1.82, 2.24) is 15.0 Å². The number of hydrogen-bond donors (Lipinski definition) is 2. The lowest BCUT2D eigenvalue weighted by atomic mass is 10.1. The van der Waals surface area contributed by atoms with Gasteiger partial charge < -0.3 is 15.5 Å². The number of hydrogen-bond acceptors (Lipinski definition) is 6. The summed E-state index contributed by atoms with van der Waals surface area (Å²) in [6, 6.07) is 11.4. The maximum absolute atomic E-state index is 13.3. The predicted octanol–water partition coefficient (Wildman–Crippen LogP) is 3.13. The molecule has 0 aliphatic carbocycles. The second-order valence-electron chi connectivity index (χ2n) is 5.81. The molecule has 0 bridgehead atoms. The van der Waals surface area contributed by atoms with Crippen LogP contribution < -0.4 is 11.1 Å². The molecule has 134 valence electrons. The van der Waals surface area contributed by atoms with E-state index in [1.807, 2.05) is 0 Å². The largest absolute Gasteiger partial charge is 0.460 e. The first kappa shape index (κ1) is 16.6. The number of nitrogens with one attached hydrogen (secondary N) is 1. The van der Waals surface area contributed by atoms with Gasteiger partial charge in [0.2, 0.25) is 17.7 Å². The number of aromatic nitrogens is 3. The highest BCUT2D eigenvalue weighted by atomic mass is 19.1. The van der Waals surface area contributed by atoms with Crippen LogP contribution in [0.2, 0.25) is 0 Å². The number of benzene rings is 2. The van der Waals surface area contributed by atoms with E-state index in [9.17, 15) is 9.18 Å². The fourth-order valence-corrected chi connectivity index (χ4v) is 2.78. The zero-order valence-corrected chi connectivity index (χ0v) is 14.0. The summed E-state index contributed by atoms with van der Waals surface area (Å²) in [5.41, 5.74) is 6.52. The van der Waals surface area contributed by atoms with Gasteiger partial charge in [-0.15, -0.1) is 0 Å². The first-order valence-electron chi connectivity index (χ1n) is 8.09. The monoisotopic (exact) mass is 363 g/mol. The first-order valence-corrected chi connectivity index (χ1v) is 8.09. The average Bonchev–Trinajstić information content (AvgIpc) is 3.11. The maximum Gasteiger partial charge on any atom is 0.249 e. The van der Waals surface area contributed by atoms with E-state index in [1.54, 1.807) is 30.3 Å². The SMILES string of the molecule is NC(=O)c1cccc2c(-c3ncnc(NCc4cccc(F)c4)n3)occ12. The predicted molar refractivity (Wildman–Crippen MR) is 97.3 cm³/mol. The minimum absolute atomic E-state index is 0.307. The van der Waals surface area contributed by atoms with Gasteiger partial charge in [-0.3, -0.25) is 4.79 Å². The molecule has 0 unspecified atom stereocenters. The minimum Gasteiger partial charge on any atom is -0.460 e. The summed E-state index contributed by atoms with van der Waals surface area (Å²) in [5.74, 6) is 0.187. The van der Waals surface area contributed by atoms with Gasteiger partial charge in [-0.2, -0.15) is 4.98 Å². The molecule has 2 aromatic heterocycles. The molecule has 0 aliphatic rings. The molecule has 2 aromatic carbocycles. The normalized spacial score (nSPS) is 10.9. The Balaban J connectivity index is 1.64. The molecule has 8 heteroatoms. The Labute approximate surface area is 153 Å². The molecule has 0 atom stereocenters. The smallest absolute Gasteiger partial charge is 0.249 e. The molecule has 4 aromatic rings. The van der Waals surface area contributed by atoms with Crippen molar-refractivity contribution in [2.24, 2.45) is 5.73 Å². The van der Waals surface area contributed by atoms with Gasteiger partial charge in [-0.25, -0.2) is 14.4 Å². The van der Waals surface area contributed by atoms with Gasteiger partial charge in [0.15, 0.2) is 5.76 Å². The number of carbonyl (C=O) groups excluding carboxylic acids is 1. The Hall–Kier alpha value is -3.81. The van der Waals surface area contributed by atoms with Gasteiger partial charge >= 0.3 is 0 Å². The lowest BCUT2D eigenvalue weighted by Gasteiger charge is -2.05. The van der Waals surface area contributed by atoms with Gasteiger partial charge in [-0.05, 0) is 23.8 Å². The molecule has 27 heavy (non-hydrogen) atoms.